The number of thioether (sulfide) groups is 1. The first-order valence-electron chi connectivity index (χ1n) is 6.15. The zero-order valence-electron chi connectivity index (χ0n) is 9.78. The molecule has 0 bridgehead atoms. The lowest BCUT2D eigenvalue weighted by atomic mass is 10.0. The third-order valence-corrected chi connectivity index (χ3v) is 4.20. The van der Waals surface area contributed by atoms with Crippen molar-refractivity contribution in [2.45, 2.75) is 11.3 Å². The van der Waals surface area contributed by atoms with Crippen molar-refractivity contribution >= 4 is 11.8 Å². The molecule has 0 spiro atoms. The molecule has 1 N–H and O–H groups in total. The van der Waals surface area contributed by atoms with Crippen molar-refractivity contribution in [2.75, 3.05) is 32.1 Å². The Morgan fingerprint density at radius 1 is 1.18 bits per heavy atom. The van der Waals surface area contributed by atoms with Crippen LogP contribution in [0.4, 0.5) is 0 Å². The summed E-state index contributed by atoms with van der Waals surface area (Å²) in [7, 11) is 0. The lowest BCUT2D eigenvalue weighted by Crippen LogP contribution is -2.42. The average molecular weight is 251 g/mol. The Labute approximate surface area is 106 Å². The van der Waals surface area contributed by atoms with E-state index < -0.39 is 0 Å². The van der Waals surface area contributed by atoms with Crippen LogP contribution in [0.15, 0.2) is 23.1 Å². The van der Waals surface area contributed by atoms with Crippen LogP contribution in [0.5, 0.6) is 11.5 Å². The van der Waals surface area contributed by atoms with Crippen molar-refractivity contribution in [3.63, 3.8) is 0 Å². The Bertz CT molecular complexity index is 393. The summed E-state index contributed by atoms with van der Waals surface area (Å²) in [5.41, 5.74) is 0. The molecule has 17 heavy (non-hydrogen) atoms. The highest BCUT2D eigenvalue weighted by Gasteiger charge is 2.16. The van der Waals surface area contributed by atoms with E-state index in [1.165, 1.54) is 30.2 Å². The highest BCUT2D eigenvalue weighted by atomic mass is 32.2. The van der Waals surface area contributed by atoms with Crippen molar-refractivity contribution in [3.05, 3.63) is 18.2 Å². The molecular formula is C13H17NO2S. The van der Waals surface area contributed by atoms with E-state index in [1.807, 2.05) is 17.8 Å². The fraction of sp³-hybridized carbons (Fsp3) is 0.538. The molecule has 0 atom stereocenters. The summed E-state index contributed by atoms with van der Waals surface area (Å²) in [5.74, 6) is 3.85. The van der Waals surface area contributed by atoms with Crippen LogP contribution in [0, 0.1) is 5.92 Å². The van der Waals surface area contributed by atoms with E-state index in [2.05, 4.69) is 17.4 Å². The molecule has 0 aliphatic carbocycles. The second kappa shape index (κ2) is 5.19. The minimum Gasteiger partial charge on any atom is -0.486 e. The van der Waals surface area contributed by atoms with E-state index in [0.29, 0.717) is 13.2 Å². The highest BCUT2D eigenvalue weighted by molar-refractivity contribution is 7.99. The van der Waals surface area contributed by atoms with Crippen LogP contribution in [-0.4, -0.2) is 32.1 Å². The van der Waals surface area contributed by atoms with Crippen LogP contribution in [0.3, 0.4) is 0 Å². The maximum Gasteiger partial charge on any atom is 0.162 e. The van der Waals surface area contributed by atoms with E-state index in [0.717, 1.165) is 17.4 Å². The highest BCUT2D eigenvalue weighted by Crippen LogP contribution is 2.34. The van der Waals surface area contributed by atoms with Crippen molar-refractivity contribution < 1.29 is 9.47 Å². The third kappa shape index (κ3) is 2.69. The SMILES string of the molecule is c1cc2c(cc1SCCC1CNC1)OCCO2. The summed E-state index contributed by atoms with van der Waals surface area (Å²) in [6.45, 7) is 3.71. The second-order valence-corrected chi connectivity index (χ2v) is 5.64. The summed E-state index contributed by atoms with van der Waals surface area (Å²) < 4.78 is 11.1. The number of benzene rings is 1. The smallest absolute Gasteiger partial charge is 0.162 e. The van der Waals surface area contributed by atoms with Gasteiger partial charge in [0.25, 0.3) is 0 Å². The van der Waals surface area contributed by atoms with Gasteiger partial charge in [0, 0.05) is 4.90 Å². The zero-order chi connectivity index (χ0) is 11.5. The molecule has 0 aromatic heterocycles. The molecule has 2 aliphatic heterocycles. The largest absolute Gasteiger partial charge is 0.486 e. The molecule has 3 rings (SSSR count). The van der Waals surface area contributed by atoms with E-state index in [-0.39, 0.29) is 0 Å². The van der Waals surface area contributed by atoms with Crippen LogP contribution in [-0.2, 0) is 0 Å². The van der Waals surface area contributed by atoms with E-state index in [4.69, 9.17) is 9.47 Å². The summed E-state index contributed by atoms with van der Waals surface area (Å²) in [4.78, 5) is 1.28. The molecular weight excluding hydrogens is 234 g/mol. The molecule has 0 amide bonds. The number of nitrogens with one attached hydrogen (secondary N) is 1. The molecule has 1 aromatic carbocycles. The van der Waals surface area contributed by atoms with Gasteiger partial charge in [-0.2, -0.15) is 0 Å². The number of rotatable bonds is 4. The monoisotopic (exact) mass is 251 g/mol. The van der Waals surface area contributed by atoms with Gasteiger partial charge in [-0.3, -0.25) is 0 Å². The fourth-order valence-corrected chi connectivity index (χ4v) is 3.05. The van der Waals surface area contributed by atoms with Crippen molar-refractivity contribution in [3.8, 4) is 11.5 Å². The summed E-state index contributed by atoms with van der Waals surface area (Å²) in [5, 5.41) is 3.31. The Morgan fingerprint density at radius 3 is 2.76 bits per heavy atom. The summed E-state index contributed by atoms with van der Waals surface area (Å²) in [6, 6.07) is 6.23. The molecule has 4 heteroatoms. The molecule has 2 heterocycles. The molecule has 92 valence electrons. The predicted molar refractivity (Wildman–Crippen MR) is 69.1 cm³/mol. The van der Waals surface area contributed by atoms with Crippen LogP contribution in [0.25, 0.3) is 0 Å². The molecule has 1 aromatic rings. The maximum absolute atomic E-state index is 5.58. The van der Waals surface area contributed by atoms with Crippen molar-refractivity contribution in [2.24, 2.45) is 5.92 Å². The summed E-state index contributed by atoms with van der Waals surface area (Å²) in [6.07, 6.45) is 1.30. The van der Waals surface area contributed by atoms with Gasteiger partial charge in [-0.1, -0.05) is 0 Å². The molecule has 0 unspecified atom stereocenters. The van der Waals surface area contributed by atoms with E-state index in [9.17, 15) is 0 Å². The maximum atomic E-state index is 5.58. The van der Waals surface area contributed by atoms with Crippen LogP contribution in [0.1, 0.15) is 6.42 Å². The van der Waals surface area contributed by atoms with Crippen LogP contribution >= 0.6 is 11.8 Å². The molecule has 0 saturated carbocycles. The number of fused-ring (bicyclic) bond motifs is 1. The van der Waals surface area contributed by atoms with Gasteiger partial charge in [0.2, 0.25) is 0 Å². The second-order valence-electron chi connectivity index (χ2n) is 4.47. The summed E-state index contributed by atoms with van der Waals surface area (Å²) >= 11 is 1.91. The topological polar surface area (TPSA) is 30.5 Å². The normalized spacial score (nSPS) is 18.8. The lowest BCUT2D eigenvalue weighted by Gasteiger charge is -2.26. The molecule has 3 nitrogen and oxygen atoms in total. The Morgan fingerprint density at radius 2 is 2.00 bits per heavy atom. The molecule has 0 radical (unpaired) electrons. The number of hydrogen-bond donors (Lipinski definition) is 1. The predicted octanol–water partition coefficient (Wildman–Crippen LogP) is 2.16. The minimum atomic E-state index is 0.661. The minimum absolute atomic E-state index is 0.661. The van der Waals surface area contributed by atoms with Gasteiger partial charge in [0.1, 0.15) is 13.2 Å². The average Bonchev–Trinajstić information content (AvgIpc) is 2.32. The Balaban J connectivity index is 1.55. The zero-order valence-corrected chi connectivity index (χ0v) is 10.6. The molecule has 2 aliphatic rings. The first-order valence-corrected chi connectivity index (χ1v) is 7.13. The lowest BCUT2D eigenvalue weighted by molar-refractivity contribution is 0.171. The van der Waals surface area contributed by atoms with Gasteiger partial charge in [-0.15, -0.1) is 11.8 Å². The van der Waals surface area contributed by atoms with Crippen LogP contribution in [0.2, 0.25) is 0 Å². The number of hydrogen-bond acceptors (Lipinski definition) is 4. The van der Waals surface area contributed by atoms with Crippen LogP contribution < -0.4 is 14.8 Å². The first kappa shape index (κ1) is 11.2. The fourth-order valence-electron chi connectivity index (χ4n) is 2.01. The van der Waals surface area contributed by atoms with Crippen molar-refractivity contribution in [1.29, 1.82) is 0 Å². The van der Waals surface area contributed by atoms with E-state index in [1.54, 1.807) is 0 Å². The van der Waals surface area contributed by atoms with Gasteiger partial charge in [-0.05, 0) is 49.4 Å². The van der Waals surface area contributed by atoms with Gasteiger partial charge in [-0.25, -0.2) is 0 Å². The first-order chi connectivity index (χ1) is 8.42. The third-order valence-electron chi connectivity index (χ3n) is 3.17. The van der Waals surface area contributed by atoms with Gasteiger partial charge in [0.05, 0.1) is 0 Å². The Hall–Kier alpha value is -0.870. The molecule has 1 fully saturated rings. The Kier molecular flexibility index (Phi) is 3.43. The van der Waals surface area contributed by atoms with Crippen molar-refractivity contribution in [1.82, 2.24) is 5.32 Å². The van der Waals surface area contributed by atoms with Gasteiger partial charge >= 0.3 is 0 Å². The van der Waals surface area contributed by atoms with Gasteiger partial charge < -0.3 is 14.8 Å². The van der Waals surface area contributed by atoms with Gasteiger partial charge in [0.15, 0.2) is 11.5 Å². The number of ether oxygens (including phenoxy) is 2. The van der Waals surface area contributed by atoms with E-state index >= 15 is 0 Å². The quantitative estimate of drug-likeness (QED) is 0.831. The molecule has 1 saturated heterocycles. The standard InChI is InChI=1S/C13H17NO2S/c1-2-12-13(16-5-4-15-12)7-11(1)17-6-3-10-8-14-9-10/h1-2,7,10,14H,3-6,8-9H2.